The lowest BCUT2D eigenvalue weighted by Crippen LogP contribution is -2.04. The average Bonchev–Trinajstić information content (AvgIpc) is 2.62. The van der Waals surface area contributed by atoms with Crippen LogP contribution in [0.2, 0.25) is 0 Å². The molecule has 134 valence electrons. The van der Waals surface area contributed by atoms with E-state index in [1.165, 1.54) is 18.5 Å². The van der Waals surface area contributed by atoms with Crippen molar-refractivity contribution in [3.8, 4) is 5.75 Å². The van der Waals surface area contributed by atoms with E-state index in [0.717, 1.165) is 17.8 Å². The predicted octanol–water partition coefficient (Wildman–Crippen LogP) is 4.99. The number of alkyl halides is 3. The molecule has 1 aromatic heterocycles. The lowest BCUT2D eigenvalue weighted by molar-refractivity contribution is -0.137. The van der Waals surface area contributed by atoms with E-state index in [9.17, 15) is 13.2 Å². The van der Waals surface area contributed by atoms with Crippen molar-refractivity contribution in [1.29, 1.82) is 0 Å². The second-order valence-corrected chi connectivity index (χ2v) is 5.35. The van der Waals surface area contributed by atoms with E-state index in [0.29, 0.717) is 23.1 Å². The molecule has 1 heterocycles. The van der Waals surface area contributed by atoms with Crippen molar-refractivity contribution < 1.29 is 17.9 Å². The molecule has 26 heavy (non-hydrogen) atoms. The molecule has 0 amide bonds. The molecule has 0 aliphatic heterocycles. The fourth-order valence-corrected chi connectivity index (χ4v) is 2.23. The smallest absolute Gasteiger partial charge is 0.416 e. The van der Waals surface area contributed by atoms with Gasteiger partial charge in [-0.2, -0.15) is 13.2 Å². The standard InChI is InChI=1S/C18H15F3N4O/c1-26-15-4-2-3-14(9-15)25-17-10-16(22-11-23-17)24-13-7-5-12(6-8-13)18(19,20)21/h2-11H,1H3,(H2,22,23,24,25). The summed E-state index contributed by atoms with van der Waals surface area (Å²) in [6.45, 7) is 0. The van der Waals surface area contributed by atoms with Crippen LogP contribution in [0, 0.1) is 0 Å². The summed E-state index contributed by atoms with van der Waals surface area (Å²) in [4.78, 5) is 8.20. The van der Waals surface area contributed by atoms with Crippen LogP contribution in [0.5, 0.6) is 5.75 Å². The molecule has 3 aromatic rings. The van der Waals surface area contributed by atoms with Crippen LogP contribution in [-0.2, 0) is 6.18 Å². The molecule has 0 radical (unpaired) electrons. The highest BCUT2D eigenvalue weighted by atomic mass is 19.4. The van der Waals surface area contributed by atoms with Crippen molar-refractivity contribution in [3.05, 3.63) is 66.5 Å². The normalized spacial score (nSPS) is 11.1. The van der Waals surface area contributed by atoms with Crippen molar-refractivity contribution in [3.63, 3.8) is 0 Å². The van der Waals surface area contributed by atoms with Crippen molar-refractivity contribution in [1.82, 2.24) is 9.97 Å². The molecule has 0 unspecified atom stereocenters. The Hall–Kier alpha value is -3.29. The van der Waals surface area contributed by atoms with Gasteiger partial charge in [-0.25, -0.2) is 9.97 Å². The highest BCUT2D eigenvalue weighted by Crippen LogP contribution is 2.30. The molecule has 2 N–H and O–H groups in total. The average molecular weight is 360 g/mol. The first-order valence-corrected chi connectivity index (χ1v) is 7.61. The van der Waals surface area contributed by atoms with Gasteiger partial charge in [-0.05, 0) is 36.4 Å². The summed E-state index contributed by atoms with van der Waals surface area (Å²) in [7, 11) is 1.58. The van der Waals surface area contributed by atoms with Crippen LogP contribution in [-0.4, -0.2) is 17.1 Å². The van der Waals surface area contributed by atoms with Gasteiger partial charge in [0.1, 0.15) is 23.7 Å². The van der Waals surface area contributed by atoms with Crippen LogP contribution >= 0.6 is 0 Å². The second kappa shape index (κ2) is 7.30. The van der Waals surface area contributed by atoms with Gasteiger partial charge in [0.2, 0.25) is 0 Å². The minimum atomic E-state index is -4.36. The second-order valence-electron chi connectivity index (χ2n) is 5.35. The number of hydrogen-bond donors (Lipinski definition) is 2. The predicted molar refractivity (Wildman–Crippen MR) is 93.0 cm³/mol. The molecule has 0 bridgehead atoms. The summed E-state index contributed by atoms with van der Waals surface area (Å²) >= 11 is 0. The van der Waals surface area contributed by atoms with Gasteiger partial charge in [-0.15, -0.1) is 0 Å². The SMILES string of the molecule is COc1cccc(Nc2cc(Nc3ccc(C(F)(F)F)cc3)ncn2)c1. The number of ether oxygens (including phenoxy) is 1. The van der Waals surface area contributed by atoms with Crippen LogP contribution in [0.1, 0.15) is 5.56 Å². The molecule has 2 aromatic carbocycles. The minimum Gasteiger partial charge on any atom is -0.497 e. The summed E-state index contributed by atoms with van der Waals surface area (Å²) in [5.74, 6) is 1.68. The quantitative estimate of drug-likeness (QED) is 0.671. The molecular weight excluding hydrogens is 345 g/mol. The van der Waals surface area contributed by atoms with E-state index in [1.54, 1.807) is 13.2 Å². The van der Waals surface area contributed by atoms with Crippen molar-refractivity contribution >= 4 is 23.0 Å². The highest BCUT2D eigenvalue weighted by Gasteiger charge is 2.29. The molecule has 0 saturated carbocycles. The number of nitrogens with zero attached hydrogens (tertiary/aromatic N) is 2. The van der Waals surface area contributed by atoms with E-state index in [2.05, 4.69) is 20.6 Å². The van der Waals surface area contributed by atoms with Gasteiger partial charge in [0, 0.05) is 23.5 Å². The number of benzene rings is 2. The van der Waals surface area contributed by atoms with Crippen LogP contribution in [0.4, 0.5) is 36.2 Å². The van der Waals surface area contributed by atoms with E-state index >= 15 is 0 Å². The molecule has 5 nitrogen and oxygen atoms in total. The van der Waals surface area contributed by atoms with Gasteiger partial charge in [0.05, 0.1) is 12.7 Å². The molecular formula is C18H15F3N4O. The Morgan fingerprint density at radius 1 is 0.846 bits per heavy atom. The summed E-state index contributed by atoms with van der Waals surface area (Å²) in [5, 5.41) is 6.06. The number of methoxy groups -OCH3 is 1. The number of rotatable bonds is 5. The Kier molecular flexibility index (Phi) is 4.92. The third-order valence-electron chi connectivity index (χ3n) is 3.49. The summed E-state index contributed by atoms with van der Waals surface area (Å²) in [6.07, 6.45) is -3.00. The summed E-state index contributed by atoms with van der Waals surface area (Å²) in [5.41, 5.74) is 0.568. The topological polar surface area (TPSA) is 59.1 Å². The molecule has 0 spiro atoms. The molecule has 0 atom stereocenters. The first-order valence-electron chi connectivity index (χ1n) is 7.61. The van der Waals surface area contributed by atoms with Gasteiger partial charge in [-0.3, -0.25) is 0 Å². The lowest BCUT2D eigenvalue weighted by Gasteiger charge is -2.11. The number of aromatic nitrogens is 2. The third-order valence-corrected chi connectivity index (χ3v) is 3.49. The van der Waals surface area contributed by atoms with Gasteiger partial charge in [0.25, 0.3) is 0 Å². The van der Waals surface area contributed by atoms with Crippen LogP contribution in [0.3, 0.4) is 0 Å². The Labute approximate surface area is 147 Å². The van der Waals surface area contributed by atoms with Gasteiger partial charge < -0.3 is 15.4 Å². The van der Waals surface area contributed by atoms with Gasteiger partial charge in [0.15, 0.2) is 0 Å². The molecule has 0 aliphatic carbocycles. The fraction of sp³-hybridized carbons (Fsp3) is 0.111. The Balaban J connectivity index is 1.73. The minimum absolute atomic E-state index is 0.449. The zero-order valence-electron chi connectivity index (χ0n) is 13.7. The van der Waals surface area contributed by atoms with Crippen molar-refractivity contribution in [2.24, 2.45) is 0 Å². The van der Waals surface area contributed by atoms with E-state index in [-0.39, 0.29) is 0 Å². The monoisotopic (exact) mass is 360 g/mol. The third kappa shape index (κ3) is 4.41. The maximum atomic E-state index is 12.6. The molecule has 0 saturated heterocycles. The molecule has 0 aliphatic rings. The zero-order valence-corrected chi connectivity index (χ0v) is 13.7. The Morgan fingerprint density at radius 3 is 2.12 bits per heavy atom. The van der Waals surface area contributed by atoms with E-state index in [4.69, 9.17) is 4.74 Å². The number of hydrogen-bond acceptors (Lipinski definition) is 5. The Morgan fingerprint density at radius 2 is 1.50 bits per heavy atom. The molecule has 0 fully saturated rings. The lowest BCUT2D eigenvalue weighted by atomic mass is 10.2. The first kappa shape index (κ1) is 17.5. The highest BCUT2D eigenvalue weighted by molar-refractivity contribution is 5.63. The molecule has 3 rings (SSSR count). The van der Waals surface area contributed by atoms with Gasteiger partial charge in [-0.1, -0.05) is 6.07 Å². The number of halogens is 3. The maximum absolute atomic E-state index is 12.6. The van der Waals surface area contributed by atoms with Crippen LogP contribution in [0.25, 0.3) is 0 Å². The zero-order chi connectivity index (χ0) is 18.6. The first-order chi connectivity index (χ1) is 12.4. The largest absolute Gasteiger partial charge is 0.497 e. The number of nitrogens with one attached hydrogen (secondary N) is 2. The van der Waals surface area contributed by atoms with Crippen LogP contribution < -0.4 is 15.4 Å². The fourth-order valence-electron chi connectivity index (χ4n) is 2.23. The van der Waals surface area contributed by atoms with Crippen molar-refractivity contribution in [2.75, 3.05) is 17.7 Å². The maximum Gasteiger partial charge on any atom is 0.416 e. The van der Waals surface area contributed by atoms with E-state index < -0.39 is 11.7 Å². The summed E-state index contributed by atoms with van der Waals surface area (Å²) in [6, 6.07) is 13.7. The van der Waals surface area contributed by atoms with Crippen LogP contribution in [0.15, 0.2) is 60.9 Å². The summed E-state index contributed by atoms with van der Waals surface area (Å²) < 4.78 is 43.0. The number of anilines is 4. The Bertz CT molecular complexity index is 882. The molecule has 8 heteroatoms. The van der Waals surface area contributed by atoms with Gasteiger partial charge >= 0.3 is 6.18 Å². The van der Waals surface area contributed by atoms with E-state index in [1.807, 2.05) is 24.3 Å². The van der Waals surface area contributed by atoms with Crippen molar-refractivity contribution in [2.45, 2.75) is 6.18 Å².